The average molecular weight is 380 g/mol. The van der Waals surface area contributed by atoms with E-state index in [0.29, 0.717) is 11.3 Å². The Kier molecular flexibility index (Phi) is 5.08. The Morgan fingerprint density at radius 3 is 2.41 bits per heavy atom. The number of carbonyl (C=O) groups excluding carboxylic acids is 1. The highest BCUT2D eigenvalue weighted by atomic mass is 16.5. The van der Waals surface area contributed by atoms with Crippen molar-refractivity contribution in [3.05, 3.63) is 96.2 Å². The molecule has 0 aliphatic rings. The van der Waals surface area contributed by atoms with Gasteiger partial charge in [-0.25, -0.2) is 4.98 Å². The van der Waals surface area contributed by atoms with Crippen LogP contribution in [0.1, 0.15) is 16.1 Å². The summed E-state index contributed by atoms with van der Waals surface area (Å²) in [4.78, 5) is 17.3. The third kappa shape index (κ3) is 4.01. The third-order valence-corrected chi connectivity index (χ3v) is 4.74. The molecule has 0 saturated carbocycles. The van der Waals surface area contributed by atoms with Gasteiger partial charge in [0.25, 0.3) is 0 Å². The van der Waals surface area contributed by atoms with Gasteiger partial charge in [0.1, 0.15) is 5.75 Å². The number of benzene rings is 3. The highest BCUT2D eigenvalue weighted by Crippen LogP contribution is 2.29. The fraction of sp³-hybridized carbons (Fsp3) is 0.0400. The molecule has 4 nitrogen and oxygen atoms in total. The summed E-state index contributed by atoms with van der Waals surface area (Å²) in [5.41, 5.74) is 10.5. The Morgan fingerprint density at radius 2 is 1.69 bits per heavy atom. The summed E-state index contributed by atoms with van der Waals surface area (Å²) >= 11 is 0. The second-order valence-electron chi connectivity index (χ2n) is 6.66. The van der Waals surface area contributed by atoms with Gasteiger partial charge in [-0.15, -0.1) is 0 Å². The number of hydrogen-bond acceptors (Lipinski definition) is 4. The number of aromatic nitrogens is 1. The van der Waals surface area contributed by atoms with Crippen molar-refractivity contribution in [3.63, 3.8) is 0 Å². The second-order valence-corrected chi connectivity index (χ2v) is 6.66. The normalized spacial score (nSPS) is 11.1. The molecule has 29 heavy (non-hydrogen) atoms. The lowest BCUT2D eigenvalue weighted by Gasteiger charge is -2.09. The first-order valence-electron chi connectivity index (χ1n) is 9.26. The minimum atomic E-state index is -0.0966. The van der Waals surface area contributed by atoms with Crippen molar-refractivity contribution >= 4 is 28.4 Å². The highest BCUT2D eigenvalue weighted by Gasteiger charge is 2.09. The topological polar surface area (TPSA) is 65.2 Å². The maximum atomic E-state index is 12.6. The number of allylic oxidation sites excluding steroid dienone is 1. The van der Waals surface area contributed by atoms with E-state index < -0.39 is 0 Å². The number of ketones is 1. The van der Waals surface area contributed by atoms with E-state index in [9.17, 15) is 4.79 Å². The number of nitrogen functional groups attached to an aromatic ring is 1. The summed E-state index contributed by atoms with van der Waals surface area (Å²) in [6.45, 7) is 0. The Balaban J connectivity index is 1.76. The van der Waals surface area contributed by atoms with Gasteiger partial charge in [-0.3, -0.25) is 4.79 Å². The molecule has 0 fully saturated rings. The zero-order chi connectivity index (χ0) is 20.2. The molecule has 3 aromatic carbocycles. The summed E-state index contributed by atoms with van der Waals surface area (Å²) < 4.78 is 5.26. The quantitative estimate of drug-likeness (QED) is 0.286. The van der Waals surface area contributed by atoms with Gasteiger partial charge in [-0.1, -0.05) is 30.3 Å². The van der Waals surface area contributed by atoms with Crippen molar-refractivity contribution in [2.45, 2.75) is 0 Å². The van der Waals surface area contributed by atoms with Gasteiger partial charge < -0.3 is 10.5 Å². The molecule has 0 aliphatic heterocycles. The first kappa shape index (κ1) is 18.4. The molecule has 2 N–H and O–H groups in total. The summed E-state index contributed by atoms with van der Waals surface area (Å²) in [6, 6.07) is 24.7. The molecule has 1 heterocycles. The van der Waals surface area contributed by atoms with Crippen LogP contribution in [0.2, 0.25) is 0 Å². The molecule has 0 unspecified atom stereocenters. The summed E-state index contributed by atoms with van der Waals surface area (Å²) in [6.07, 6.45) is 3.32. The van der Waals surface area contributed by atoms with Crippen molar-refractivity contribution < 1.29 is 9.53 Å². The van der Waals surface area contributed by atoms with Gasteiger partial charge >= 0.3 is 0 Å². The largest absolute Gasteiger partial charge is 0.497 e. The minimum Gasteiger partial charge on any atom is -0.497 e. The number of anilines is 1. The number of nitrogens with two attached hydrogens (primary N) is 1. The number of para-hydroxylation sites is 1. The van der Waals surface area contributed by atoms with Gasteiger partial charge in [0.2, 0.25) is 0 Å². The van der Waals surface area contributed by atoms with E-state index in [2.05, 4.69) is 6.07 Å². The minimum absolute atomic E-state index is 0.0966. The Bertz CT molecular complexity index is 1190. The maximum Gasteiger partial charge on any atom is 0.185 e. The summed E-state index contributed by atoms with van der Waals surface area (Å²) in [5.74, 6) is 0.693. The van der Waals surface area contributed by atoms with Gasteiger partial charge in [0, 0.05) is 22.2 Å². The molecule has 1 aromatic heterocycles. The van der Waals surface area contributed by atoms with E-state index >= 15 is 0 Å². The highest BCUT2D eigenvalue weighted by molar-refractivity contribution is 6.07. The van der Waals surface area contributed by atoms with E-state index in [4.69, 9.17) is 15.5 Å². The molecule has 0 spiro atoms. The third-order valence-electron chi connectivity index (χ3n) is 4.74. The van der Waals surface area contributed by atoms with E-state index in [1.165, 1.54) is 0 Å². The summed E-state index contributed by atoms with van der Waals surface area (Å²) in [5, 5.41) is 1.04. The van der Waals surface area contributed by atoms with Crippen LogP contribution in [0.3, 0.4) is 0 Å². The lowest BCUT2D eigenvalue weighted by Crippen LogP contribution is -1.96. The van der Waals surface area contributed by atoms with Crippen LogP contribution in [-0.2, 0) is 0 Å². The van der Waals surface area contributed by atoms with Gasteiger partial charge in [0.05, 0.1) is 18.3 Å². The van der Waals surface area contributed by atoms with Crippen LogP contribution in [0.5, 0.6) is 5.75 Å². The van der Waals surface area contributed by atoms with Crippen LogP contribution in [0.25, 0.3) is 28.1 Å². The fourth-order valence-electron chi connectivity index (χ4n) is 3.16. The molecule has 0 bridgehead atoms. The number of ether oxygens (including phenoxy) is 1. The Labute approximate surface area is 169 Å². The molecule has 0 atom stereocenters. The first-order valence-corrected chi connectivity index (χ1v) is 9.26. The molecule has 0 radical (unpaired) electrons. The zero-order valence-electron chi connectivity index (χ0n) is 16.0. The fourth-order valence-corrected chi connectivity index (χ4v) is 3.16. The van der Waals surface area contributed by atoms with Crippen LogP contribution in [0, 0.1) is 0 Å². The van der Waals surface area contributed by atoms with Crippen LogP contribution in [0.15, 0.2) is 84.9 Å². The zero-order valence-corrected chi connectivity index (χ0v) is 16.0. The van der Waals surface area contributed by atoms with Crippen molar-refractivity contribution in [1.82, 2.24) is 4.98 Å². The van der Waals surface area contributed by atoms with E-state index in [0.717, 1.165) is 33.5 Å². The Morgan fingerprint density at radius 1 is 0.966 bits per heavy atom. The summed E-state index contributed by atoms with van der Waals surface area (Å²) in [7, 11) is 1.64. The van der Waals surface area contributed by atoms with Crippen LogP contribution in [0.4, 0.5) is 5.69 Å². The van der Waals surface area contributed by atoms with Gasteiger partial charge in [-0.05, 0) is 66.2 Å². The SMILES string of the molecule is COc1ccc(-c2cc3ccccc3nc2/C=C/C(=O)c2ccc(N)cc2)cc1. The van der Waals surface area contributed by atoms with Crippen molar-refractivity contribution in [3.8, 4) is 16.9 Å². The number of nitrogens with zero attached hydrogens (tertiary/aromatic N) is 1. The number of fused-ring (bicyclic) bond motifs is 1. The number of pyridine rings is 1. The lowest BCUT2D eigenvalue weighted by atomic mass is 10.0. The maximum absolute atomic E-state index is 12.6. The second kappa shape index (κ2) is 7.98. The first-order chi connectivity index (χ1) is 14.1. The smallest absolute Gasteiger partial charge is 0.185 e. The van der Waals surface area contributed by atoms with E-state index in [1.807, 2.05) is 48.5 Å². The van der Waals surface area contributed by atoms with Crippen LogP contribution in [-0.4, -0.2) is 17.9 Å². The monoisotopic (exact) mass is 380 g/mol. The average Bonchev–Trinajstić information content (AvgIpc) is 2.77. The molecule has 0 aliphatic carbocycles. The van der Waals surface area contributed by atoms with Gasteiger partial charge in [-0.2, -0.15) is 0 Å². The molecule has 4 rings (SSSR count). The Hall–Kier alpha value is -3.92. The molecule has 142 valence electrons. The predicted octanol–water partition coefficient (Wildman–Crippen LogP) is 5.39. The lowest BCUT2D eigenvalue weighted by molar-refractivity contribution is 0.104. The standard InChI is InChI=1S/C25H20N2O2/c1-29-21-12-8-17(9-13-21)22-16-19-4-2-3-5-23(19)27-24(22)14-15-25(28)18-6-10-20(26)11-7-18/h2-16H,26H2,1H3/b15-14+. The number of hydrogen-bond donors (Lipinski definition) is 1. The van der Waals surface area contributed by atoms with Gasteiger partial charge in [0.15, 0.2) is 5.78 Å². The molecule has 4 heteroatoms. The molecular weight excluding hydrogens is 360 g/mol. The van der Waals surface area contributed by atoms with E-state index in [-0.39, 0.29) is 5.78 Å². The number of rotatable bonds is 5. The number of methoxy groups -OCH3 is 1. The molecule has 0 amide bonds. The molecular formula is C25H20N2O2. The van der Waals surface area contributed by atoms with E-state index in [1.54, 1.807) is 43.5 Å². The predicted molar refractivity (Wildman–Crippen MR) is 118 cm³/mol. The van der Waals surface area contributed by atoms with Crippen molar-refractivity contribution in [2.24, 2.45) is 0 Å². The molecule has 0 saturated heterocycles. The van der Waals surface area contributed by atoms with Crippen molar-refractivity contribution in [1.29, 1.82) is 0 Å². The van der Waals surface area contributed by atoms with Crippen LogP contribution >= 0.6 is 0 Å². The molecule has 4 aromatic rings. The van der Waals surface area contributed by atoms with Crippen molar-refractivity contribution in [2.75, 3.05) is 12.8 Å². The van der Waals surface area contributed by atoms with Crippen LogP contribution < -0.4 is 10.5 Å². The number of carbonyl (C=O) groups is 1.